The van der Waals surface area contributed by atoms with Gasteiger partial charge in [0.15, 0.2) is 11.5 Å². The summed E-state index contributed by atoms with van der Waals surface area (Å²) in [6.07, 6.45) is 5.11. The Morgan fingerprint density at radius 3 is 2.76 bits per heavy atom. The molecule has 0 saturated carbocycles. The van der Waals surface area contributed by atoms with Crippen LogP contribution in [0.4, 0.5) is 0 Å². The van der Waals surface area contributed by atoms with Gasteiger partial charge in [0.1, 0.15) is 0 Å². The van der Waals surface area contributed by atoms with Crippen LogP contribution in [0.2, 0.25) is 0 Å². The van der Waals surface area contributed by atoms with Crippen molar-refractivity contribution in [3.8, 4) is 11.5 Å². The second-order valence-corrected chi connectivity index (χ2v) is 5.91. The van der Waals surface area contributed by atoms with E-state index in [1.807, 2.05) is 0 Å². The summed E-state index contributed by atoms with van der Waals surface area (Å²) in [4.78, 5) is 2.61. The molecule has 21 heavy (non-hydrogen) atoms. The molecule has 116 valence electrons. The maximum absolute atomic E-state index is 5.55. The highest BCUT2D eigenvalue weighted by molar-refractivity contribution is 5.45. The minimum absolute atomic E-state index is 0.354. The van der Waals surface area contributed by atoms with Gasteiger partial charge in [-0.1, -0.05) is 32.3 Å². The molecule has 0 spiro atoms. The summed E-state index contributed by atoms with van der Waals surface area (Å²) in [7, 11) is 0. The highest BCUT2D eigenvalue weighted by atomic mass is 16.7. The topological polar surface area (TPSA) is 33.7 Å². The first-order valence-corrected chi connectivity index (χ1v) is 8.23. The molecule has 4 heteroatoms. The van der Waals surface area contributed by atoms with Crippen molar-refractivity contribution in [2.45, 2.75) is 38.6 Å². The van der Waals surface area contributed by atoms with Crippen molar-refractivity contribution in [1.82, 2.24) is 10.2 Å². The summed E-state index contributed by atoms with van der Waals surface area (Å²) >= 11 is 0. The average Bonchev–Trinajstić information content (AvgIpc) is 3.00. The van der Waals surface area contributed by atoms with E-state index in [1.54, 1.807) is 0 Å². The molecule has 3 rings (SSSR count). The van der Waals surface area contributed by atoms with E-state index >= 15 is 0 Å². The molecule has 0 aliphatic carbocycles. The number of nitrogens with zero attached hydrogens (tertiary/aromatic N) is 1. The fourth-order valence-electron chi connectivity index (χ4n) is 3.26. The SMILES string of the molecule is CCCCC[C@@H](c1ccc2c(c1)OCO2)N1CCNCC1. The maximum atomic E-state index is 5.55. The van der Waals surface area contributed by atoms with E-state index in [9.17, 15) is 0 Å². The van der Waals surface area contributed by atoms with E-state index in [0.29, 0.717) is 12.8 Å². The van der Waals surface area contributed by atoms with E-state index in [-0.39, 0.29) is 0 Å². The average molecular weight is 290 g/mol. The third-order valence-corrected chi connectivity index (χ3v) is 4.45. The fraction of sp³-hybridized carbons (Fsp3) is 0.647. The number of nitrogens with one attached hydrogen (secondary N) is 1. The molecular formula is C17H26N2O2. The molecule has 0 amide bonds. The third kappa shape index (κ3) is 3.50. The first-order chi connectivity index (χ1) is 10.4. The van der Waals surface area contributed by atoms with Crippen molar-refractivity contribution in [2.75, 3.05) is 33.0 Å². The van der Waals surface area contributed by atoms with E-state index < -0.39 is 0 Å². The van der Waals surface area contributed by atoms with Crippen LogP contribution >= 0.6 is 0 Å². The van der Waals surface area contributed by atoms with E-state index in [2.05, 4.69) is 35.3 Å². The Morgan fingerprint density at radius 2 is 1.95 bits per heavy atom. The molecule has 4 nitrogen and oxygen atoms in total. The summed E-state index contributed by atoms with van der Waals surface area (Å²) in [5, 5.41) is 3.44. The first-order valence-electron chi connectivity index (χ1n) is 8.23. The van der Waals surface area contributed by atoms with E-state index in [0.717, 1.165) is 37.7 Å². The van der Waals surface area contributed by atoms with E-state index in [1.165, 1.54) is 31.2 Å². The van der Waals surface area contributed by atoms with Crippen LogP contribution in [-0.4, -0.2) is 37.9 Å². The number of fused-ring (bicyclic) bond motifs is 1. The smallest absolute Gasteiger partial charge is 0.231 e. The third-order valence-electron chi connectivity index (χ3n) is 4.45. The Labute approximate surface area is 127 Å². The standard InChI is InChI=1S/C17H26N2O2/c1-2-3-4-5-15(19-10-8-18-9-11-19)14-6-7-16-17(12-14)21-13-20-16/h6-7,12,15,18H,2-5,8-11,13H2,1H3/t15-/m0/s1. The van der Waals surface area contributed by atoms with Crippen LogP contribution in [0.3, 0.4) is 0 Å². The van der Waals surface area contributed by atoms with Crippen molar-refractivity contribution in [1.29, 1.82) is 0 Å². The van der Waals surface area contributed by atoms with Gasteiger partial charge in [0.05, 0.1) is 0 Å². The molecule has 2 heterocycles. The highest BCUT2D eigenvalue weighted by Crippen LogP contribution is 2.37. The zero-order chi connectivity index (χ0) is 14.5. The Kier molecular flexibility index (Phi) is 4.99. The molecular weight excluding hydrogens is 264 g/mol. The normalized spacial score (nSPS) is 19.7. The van der Waals surface area contributed by atoms with Crippen LogP contribution in [0.15, 0.2) is 18.2 Å². The number of unbranched alkanes of at least 4 members (excludes halogenated alkanes) is 2. The molecule has 1 saturated heterocycles. The van der Waals surface area contributed by atoms with Gasteiger partial charge in [-0.15, -0.1) is 0 Å². The quantitative estimate of drug-likeness (QED) is 0.817. The van der Waals surface area contributed by atoms with Crippen molar-refractivity contribution in [2.24, 2.45) is 0 Å². The van der Waals surface area contributed by atoms with Crippen LogP contribution in [0.25, 0.3) is 0 Å². The van der Waals surface area contributed by atoms with Gasteiger partial charge in [-0.05, 0) is 24.1 Å². The largest absolute Gasteiger partial charge is 0.454 e. The highest BCUT2D eigenvalue weighted by Gasteiger charge is 2.24. The minimum Gasteiger partial charge on any atom is -0.454 e. The lowest BCUT2D eigenvalue weighted by Gasteiger charge is -2.35. The van der Waals surface area contributed by atoms with Gasteiger partial charge < -0.3 is 14.8 Å². The molecule has 0 unspecified atom stereocenters. The van der Waals surface area contributed by atoms with E-state index in [4.69, 9.17) is 9.47 Å². The van der Waals surface area contributed by atoms with Crippen molar-refractivity contribution < 1.29 is 9.47 Å². The van der Waals surface area contributed by atoms with Crippen molar-refractivity contribution in [3.05, 3.63) is 23.8 Å². The lowest BCUT2D eigenvalue weighted by Crippen LogP contribution is -2.45. The Bertz CT molecular complexity index is 458. The van der Waals surface area contributed by atoms with Gasteiger partial charge in [-0.2, -0.15) is 0 Å². The summed E-state index contributed by atoms with van der Waals surface area (Å²) in [5.74, 6) is 1.79. The van der Waals surface area contributed by atoms with Gasteiger partial charge in [-0.25, -0.2) is 0 Å². The van der Waals surface area contributed by atoms with Gasteiger partial charge in [0.25, 0.3) is 0 Å². The Hall–Kier alpha value is -1.26. The summed E-state index contributed by atoms with van der Waals surface area (Å²) in [6.45, 7) is 7.06. The summed E-state index contributed by atoms with van der Waals surface area (Å²) in [5.41, 5.74) is 1.37. The van der Waals surface area contributed by atoms with Gasteiger partial charge in [0, 0.05) is 32.2 Å². The van der Waals surface area contributed by atoms with Crippen LogP contribution in [0.5, 0.6) is 11.5 Å². The predicted octanol–water partition coefficient (Wildman–Crippen LogP) is 2.94. The van der Waals surface area contributed by atoms with Crippen molar-refractivity contribution in [3.63, 3.8) is 0 Å². The lowest BCUT2D eigenvalue weighted by atomic mass is 9.97. The van der Waals surface area contributed by atoms with Crippen LogP contribution in [0, 0.1) is 0 Å². The molecule has 1 aromatic rings. The molecule has 2 aliphatic heterocycles. The molecule has 2 aliphatic rings. The molecule has 0 aromatic heterocycles. The zero-order valence-electron chi connectivity index (χ0n) is 12.9. The van der Waals surface area contributed by atoms with Crippen LogP contribution < -0.4 is 14.8 Å². The second-order valence-electron chi connectivity index (χ2n) is 5.91. The number of hydrogen-bond acceptors (Lipinski definition) is 4. The zero-order valence-corrected chi connectivity index (χ0v) is 12.9. The second kappa shape index (κ2) is 7.14. The van der Waals surface area contributed by atoms with Crippen LogP contribution in [-0.2, 0) is 0 Å². The number of rotatable bonds is 6. The lowest BCUT2D eigenvalue weighted by molar-refractivity contribution is 0.162. The van der Waals surface area contributed by atoms with Crippen LogP contribution in [0.1, 0.15) is 44.2 Å². The van der Waals surface area contributed by atoms with Gasteiger partial charge in [0.2, 0.25) is 6.79 Å². The summed E-state index contributed by atoms with van der Waals surface area (Å²) < 4.78 is 11.0. The molecule has 1 N–H and O–H groups in total. The Morgan fingerprint density at radius 1 is 1.14 bits per heavy atom. The van der Waals surface area contributed by atoms with Gasteiger partial charge in [-0.3, -0.25) is 4.90 Å². The molecule has 1 fully saturated rings. The molecule has 0 radical (unpaired) electrons. The monoisotopic (exact) mass is 290 g/mol. The van der Waals surface area contributed by atoms with Gasteiger partial charge >= 0.3 is 0 Å². The Balaban J connectivity index is 1.76. The number of piperazine rings is 1. The molecule has 0 bridgehead atoms. The molecule has 1 aromatic carbocycles. The van der Waals surface area contributed by atoms with Crippen molar-refractivity contribution >= 4 is 0 Å². The minimum atomic E-state index is 0.354. The number of hydrogen-bond donors (Lipinski definition) is 1. The predicted molar refractivity (Wildman–Crippen MR) is 83.9 cm³/mol. The summed E-state index contributed by atoms with van der Waals surface area (Å²) in [6, 6.07) is 6.97. The molecule has 1 atom stereocenters. The number of ether oxygens (including phenoxy) is 2. The fourth-order valence-corrected chi connectivity index (χ4v) is 3.26. The first kappa shape index (κ1) is 14.7. The number of benzene rings is 1. The maximum Gasteiger partial charge on any atom is 0.231 e.